The van der Waals surface area contributed by atoms with E-state index in [0.717, 1.165) is 192 Å². The van der Waals surface area contributed by atoms with Crippen molar-refractivity contribution in [2.24, 2.45) is 23.7 Å². The summed E-state index contributed by atoms with van der Waals surface area (Å²) in [7, 11) is 0. The highest BCUT2D eigenvalue weighted by Gasteiger charge is 2.35. The minimum absolute atomic E-state index is 0.104. The molecule has 0 heterocycles. The lowest BCUT2D eigenvalue weighted by molar-refractivity contribution is -0.149. The molecule has 464 valence electrons. The Kier molecular flexibility index (Phi) is 50.4. The standard InChI is InChI=1S/C66H110O15/c1-7-13-16-36-45-57(79-64(73)76-10-4)48-39-30-24-19-22-28-34-43-54(61(67)68)52-56(60(63(71)72)51-42-33-27-21-26-32-41-50-59(47-38-18-15-9-3)81-66(75)78-12-6)53-55(62(69)70)44-35-29-23-20-25-31-40-49-58(46-37-17-14-8-2)80-65(74)77-11-5/h10-12,30-32,39-41,54-60H,4-9,13-29,33-38,42-53H2,1-3H3,(H,67,68)(H,69,70)(H,71,72)/t54-,55-,56?,57?,58?,59?,60-/m1/s1. The summed E-state index contributed by atoms with van der Waals surface area (Å²) in [5.41, 5.74) is 0. The zero-order valence-electron chi connectivity index (χ0n) is 50.5. The second kappa shape index (κ2) is 53.9. The fraction of sp³-hybridized carbons (Fsp3) is 0.727. The average Bonchev–Trinajstić information content (AvgIpc) is 3.43. The fourth-order valence-corrected chi connectivity index (χ4v) is 10.3. The van der Waals surface area contributed by atoms with Crippen LogP contribution in [-0.4, -0.2) is 70.0 Å². The molecule has 0 spiro atoms. The van der Waals surface area contributed by atoms with Gasteiger partial charge in [-0.3, -0.25) is 14.4 Å². The van der Waals surface area contributed by atoms with Gasteiger partial charge in [0.15, 0.2) is 0 Å². The molecule has 0 bridgehead atoms. The number of allylic oxidation sites excluding steroid dienone is 3. The van der Waals surface area contributed by atoms with Crippen molar-refractivity contribution in [2.45, 2.75) is 283 Å². The van der Waals surface area contributed by atoms with Gasteiger partial charge in [0.2, 0.25) is 0 Å². The Bertz CT molecular complexity index is 1670. The largest absolute Gasteiger partial charge is 0.513 e. The third-order valence-corrected chi connectivity index (χ3v) is 14.9. The lowest BCUT2D eigenvalue weighted by atomic mass is 9.75. The highest BCUT2D eigenvalue weighted by Crippen LogP contribution is 2.35. The predicted molar refractivity (Wildman–Crippen MR) is 321 cm³/mol. The van der Waals surface area contributed by atoms with Crippen LogP contribution in [0.5, 0.6) is 0 Å². The molecule has 0 aromatic carbocycles. The minimum Gasteiger partial charge on any atom is -0.481 e. The van der Waals surface area contributed by atoms with E-state index in [2.05, 4.69) is 58.7 Å². The number of hydrogen-bond acceptors (Lipinski definition) is 12. The van der Waals surface area contributed by atoms with Crippen molar-refractivity contribution in [3.05, 3.63) is 75.0 Å². The van der Waals surface area contributed by atoms with Gasteiger partial charge in [0.25, 0.3) is 0 Å². The van der Waals surface area contributed by atoms with Gasteiger partial charge in [0, 0.05) is 19.3 Å². The molecule has 81 heavy (non-hydrogen) atoms. The molecule has 15 heteroatoms. The Balaban J connectivity index is 5.73. The normalized spacial score (nSPS) is 14.1. The van der Waals surface area contributed by atoms with E-state index in [1.165, 1.54) is 0 Å². The van der Waals surface area contributed by atoms with Gasteiger partial charge in [0.05, 0.1) is 36.5 Å². The van der Waals surface area contributed by atoms with Crippen LogP contribution in [0.4, 0.5) is 14.4 Å². The molecule has 15 nitrogen and oxygen atoms in total. The van der Waals surface area contributed by atoms with E-state index >= 15 is 0 Å². The van der Waals surface area contributed by atoms with Crippen molar-refractivity contribution in [1.82, 2.24) is 0 Å². The van der Waals surface area contributed by atoms with Crippen LogP contribution in [0.3, 0.4) is 0 Å². The Morgan fingerprint density at radius 1 is 0.358 bits per heavy atom. The lowest BCUT2D eigenvalue weighted by Crippen LogP contribution is -2.31. The third kappa shape index (κ3) is 44.9. The molecule has 0 aliphatic rings. The van der Waals surface area contributed by atoms with Gasteiger partial charge < -0.3 is 43.7 Å². The third-order valence-electron chi connectivity index (χ3n) is 14.9. The van der Waals surface area contributed by atoms with Crippen LogP contribution in [0.1, 0.15) is 265 Å². The molecular formula is C66H110O15. The van der Waals surface area contributed by atoms with Gasteiger partial charge >= 0.3 is 36.4 Å². The number of unbranched alkanes of at least 4 members (excludes halogenated alkanes) is 21. The van der Waals surface area contributed by atoms with Crippen LogP contribution in [0.15, 0.2) is 75.0 Å². The maximum atomic E-state index is 13.1. The molecule has 0 aliphatic carbocycles. The summed E-state index contributed by atoms with van der Waals surface area (Å²) in [6.45, 7) is 16.7. The minimum atomic E-state index is -1.02. The summed E-state index contributed by atoms with van der Waals surface area (Å²) in [4.78, 5) is 74.6. The van der Waals surface area contributed by atoms with Gasteiger partial charge in [-0.05, 0) is 115 Å². The molecule has 0 aromatic heterocycles. The molecule has 0 radical (unpaired) electrons. The van der Waals surface area contributed by atoms with Gasteiger partial charge in [0.1, 0.15) is 18.3 Å². The molecule has 0 aromatic rings. The SMILES string of the molecule is C=COC(=O)OC(CC=CCCCCCC[C@H](CC(C[C@@H](CCCCCCC=CCC(CCCCCC)OC(=O)OC=C)C(=O)O)[C@@H](CCCCCCC=CCC(CCCCCC)OC(=O)OC=C)C(=O)O)C(=O)O)CCCCCC. The van der Waals surface area contributed by atoms with Crippen LogP contribution in [-0.2, 0) is 42.8 Å². The van der Waals surface area contributed by atoms with E-state index < -0.39 is 60.0 Å². The summed E-state index contributed by atoms with van der Waals surface area (Å²) in [5.74, 6) is -6.09. The van der Waals surface area contributed by atoms with Crippen LogP contribution in [0, 0.1) is 23.7 Å². The van der Waals surface area contributed by atoms with Crippen LogP contribution < -0.4 is 0 Å². The fourth-order valence-electron chi connectivity index (χ4n) is 10.3. The van der Waals surface area contributed by atoms with Crippen molar-refractivity contribution >= 4 is 36.4 Å². The maximum Gasteiger partial charge on any atom is 0.513 e. The van der Waals surface area contributed by atoms with Crippen molar-refractivity contribution in [2.75, 3.05) is 0 Å². The van der Waals surface area contributed by atoms with Crippen molar-refractivity contribution in [1.29, 1.82) is 0 Å². The average molecular weight is 1140 g/mol. The molecule has 3 N–H and O–H groups in total. The first-order valence-electron chi connectivity index (χ1n) is 31.3. The second-order valence-corrected chi connectivity index (χ2v) is 21.7. The number of carboxylic acid groups (broad SMARTS) is 3. The monoisotopic (exact) mass is 1140 g/mol. The van der Waals surface area contributed by atoms with Crippen molar-refractivity contribution in [3.8, 4) is 0 Å². The zero-order valence-corrected chi connectivity index (χ0v) is 50.5. The molecule has 0 amide bonds. The molecule has 3 unspecified atom stereocenters. The Labute approximate surface area is 488 Å². The first-order chi connectivity index (χ1) is 39.3. The molecule has 6 atom stereocenters. The Hall–Kier alpha value is -5.34. The zero-order chi connectivity index (χ0) is 60.0. The smallest absolute Gasteiger partial charge is 0.481 e. The summed E-state index contributed by atoms with van der Waals surface area (Å²) in [6, 6.07) is 0. The first-order valence-corrected chi connectivity index (χ1v) is 31.3. The number of carbonyl (C=O) groups is 6. The van der Waals surface area contributed by atoms with E-state index in [4.69, 9.17) is 28.4 Å². The van der Waals surface area contributed by atoms with E-state index in [1.807, 2.05) is 18.2 Å². The summed E-state index contributed by atoms with van der Waals surface area (Å²) >= 11 is 0. The van der Waals surface area contributed by atoms with Crippen LogP contribution in [0.2, 0.25) is 0 Å². The molecule has 0 aliphatic heterocycles. The van der Waals surface area contributed by atoms with E-state index in [0.29, 0.717) is 57.8 Å². The van der Waals surface area contributed by atoms with Crippen molar-refractivity contribution in [3.63, 3.8) is 0 Å². The number of carboxylic acids is 3. The Morgan fingerprint density at radius 3 is 0.926 bits per heavy atom. The number of carbonyl (C=O) groups excluding carboxylic acids is 3. The Morgan fingerprint density at radius 2 is 0.642 bits per heavy atom. The van der Waals surface area contributed by atoms with E-state index in [9.17, 15) is 44.1 Å². The summed E-state index contributed by atoms with van der Waals surface area (Å²) in [5, 5.41) is 31.7. The van der Waals surface area contributed by atoms with Gasteiger partial charge in [-0.2, -0.15) is 0 Å². The first kappa shape index (κ1) is 75.7. The number of rotatable bonds is 56. The number of aliphatic carboxylic acids is 3. The summed E-state index contributed by atoms with van der Waals surface area (Å²) in [6.07, 6.45) is 42.6. The van der Waals surface area contributed by atoms with Gasteiger partial charge in [-0.1, -0.05) is 193 Å². The number of hydrogen-bond donors (Lipinski definition) is 3. The lowest BCUT2D eigenvalue weighted by Gasteiger charge is -2.29. The maximum absolute atomic E-state index is 13.1. The van der Waals surface area contributed by atoms with Crippen molar-refractivity contribution < 1.29 is 72.5 Å². The predicted octanol–water partition coefficient (Wildman–Crippen LogP) is 19.3. The number of ether oxygens (including phenoxy) is 6. The molecule has 0 saturated carbocycles. The van der Waals surface area contributed by atoms with Crippen LogP contribution in [0.25, 0.3) is 0 Å². The topological polar surface area (TPSA) is 218 Å². The van der Waals surface area contributed by atoms with Gasteiger partial charge in [-0.25, -0.2) is 14.4 Å². The van der Waals surface area contributed by atoms with E-state index in [1.54, 1.807) is 0 Å². The molecule has 0 rings (SSSR count). The highest BCUT2D eigenvalue weighted by atomic mass is 16.7. The van der Waals surface area contributed by atoms with Gasteiger partial charge in [-0.15, -0.1) is 0 Å². The van der Waals surface area contributed by atoms with Crippen LogP contribution >= 0.6 is 0 Å². The van der Waals surface area contributed by atoms with E-state index in [-0.39, 0.29) is 31.2 Å². The second-order valence-electron chi connectivity index (χ2n) is 21.7. The summed E-state index contributed by atoms with van der Waals surface area (Å²) < 4.78 is 30.7. The molecule has 0 saturated heterocycles. The molecular weight excluding hydrogens is 1030 g/mol. The quantitative estimate of drug-likeness (QED) is 0.0170. The molecule has 0 fully saturated rings. The highest BCUT2D eigenvalue weighted by molar-refractivity contribution is 5.73.